The lowest BCUT2D eigenvalue weighted by Crippen LogP contribution is -2.39. The Morgan fingerprint density at radius 2 is 2.00 bits per heavy atom. The second-order valence-corrected chi connectivity index (χ2v) is 6.16. The first-order valence-electron chi connectivity index (χ1n) is 8.16. The van der Waals surface area contributed by atoms with E-state index in [2.05, 4.69) is 30.4 Å². The Hall–Kier alpha value is -2.17. The zero-order chi connectivity index (χ0) is 16.8. The molecule has 0 atom stereocenters. The number of aryl methyl sites for hydroxylation is 2. The van der Waals surface area contributed by atoms with Gasteiger partial charge >= 0.3 is 0 Å². The van der Waals surface area contributed by atoms with Crippen molar-refractivity contribution in [3.8, 4) is 0 Å². The molecule has 0 aromatic heterocycles. The standard InChI is InChI=1S/C18H25N3O2/c1-13-8-9-16(11-14(13)2)15(3)19-20-17(22)12-21-10-6-4-5-7-18(21)23/h8-9,11H,4-7,10,12H2,1-3H3,(H,20,22)/b19-15-. The van der Waals surface area contributed by atoms with Gasteiger partial charge in [0.25, 0.3) is 5.91 Å². The molecule has 1 saturated heterocycles. The van der Waals surface area contributed by atoms with E-state index in [1.54, 1.807) is 4.90 Å². The van der Waals surface area contributed by atoms with Gasteiger partial charge in [0, 0.05) is 13.0 Å². The SMILES string of the molecule is C/C(=N/NC(=O)CN1CCCCCC1=O)c1ccc(C)c(C)c1. The average Bonchev–Trinajstić information content (AvgIpc) is 2.72. The van der Waals surface area contributed by atoms with Crippen molar-refractivity contribution < 1.29 is 9.59 Å². The second-order valence-electron chi connectivity index (χ2n) is 6.16. The third-order valence-electron chi connectivity index (χ3n) is 4.28. The van der Waals surface area contributed by atoms with Crippen LogP contribution < -0.4 is 5.43 Å². The van der Waals surface area contributed by atoms with Gasteiger partial charge in [0.05, 0.1) is 5.71 Å². The van der Waals surface area contributed by atoms with Crippen LogP contribution >= 0.6 is 0 Å². The Bertz CT molecular complexity index is 623. The van der Waals surface area contributed by atoms with Gasteiger partial charge in [-0.1, -0.05) is 18.6 Å². The highest BCUT2D eigenvalue weighted by Crippen LogP contribution is 2.11. The van der Waals surface area contributed by atoms with Crippen LogP contribution in [-0.2, 0) is 9.59 Å². The number of rotatable bonds is 4. The molecule has 0 saturated carbocycles. The van der Waals surface area contributed by atoms with Crippen molar-refractivity contribution in [3.63, 3.8) is 0 Å². The van der Waals surface area contributed by atoms with E-state index < -0.39 is 0 Å². The van der Waals surface area contributed by atoms with Crippen LogP contribution in [0.3, 0.4) is 0 Å². The lowest BCUT2D eigenvalue weighted by molar-refractivity contribution is -0.135. The van der Waals surface area contributed by atoms with E-state index in [1.165, 1.54) is 11.1 Å². The van der Waals surface area contributed by atoms with Crippen molar-refractivity contribution in [2.75, 3.05) is 13.1 Å². The molecule has 0 radical (unpaired) electrons. The van der Waals surface area contributed by atoms with Crippen molar-refractivity contribution in [2.24, 2.45) is 5.10 Å². The lowest BCUT2D eigenvalue weighted by atomic mass is 10.0. The highest BCUT2D eigenvalue weighted by molar-refractivity contribution is 5.99. The van der Waals surface area contributed by atoms with Crippen molar-refractivity contribution in [1.82, 2.24) is 10.3 Å². The Morgan fingerprint density at radius 1 is 1.22 bits per heavy atom. The largest absolute Gasteiger partial charge is 0.333 e. The number of nitrogens with zero attached hydrogens (tertiary/aromatic N) is 2. The number of benzene rings is 1. The first-order valence-corrected chi connectivity index (χ1v) is 8.16. The number of nitrogens with one attached hydrogen (secondary N) is 1. The molecule has 1 aromatic rings. The summed E-state index contributed by atoms with van der Waals surface area (Å²) in [5, 5.41) is 4.16. The summed E-state index contributed by atoms with van der Waals surface area (Å²) in [4.78, 5) is 25.5. The minimum Gasteiger partial charge on any atom is -0.333 e. The molecule has 5 heteroatoms. The number of hydrogen-bond acceptors (Lipinski definition) is 3. The van der Waals surface area contributed by atoms with Crippen LogP contribution in [0.4, 0.5) is 0 Å². The zero-order valence-corrected chi connectivity index (χ0v) is 14.2. The Labute approximate surface area is 137 Å². The van der Waals surface area contributed by atoms with E-state index in [-0.39, 0.29) is 18.4 Å². The molecule has 5 nitrogen and oxygen atoms in total. The molecule has 1 aliphatic heterocycles. The fraction of sp³-hybridized carbons (Fsp3) is 0.500. The molecule has 0 bridgehead atoms. The normalized spacial score (nSPS) is 16.2. The van der Waals surface area contributed by atoms with Crippen LogP contribution in [-0.4, -0.2) is 35.5 Å². The zero-order valence-electron chi connectivity index (χ0n) is 14.2. The number of amides is 2. The fourth-order valence-electron chi connectivity index (χ4n) is 2.59. The van der Waals surface area contributed by atoms with Gasteiger partial charge in [-0.25, -0.2) is 5.43 Å². The second kappa shape index (κ2) is 7.90. The van der Waals surface area contributed by atoms with Gasteiger partial charge in [-0.3, -0.25) is 9.59 Å². The Kier molecular flexibility index (Phi) is 5.90. The Morgan fingerprint density at radius 3 is 2.74 bits per heavy atom. The molecule has 2 amide bonds. The summed E-state index contributed by atoms with van der Waals surface area (Å²) < 4.78 is 0. The maximum atomic E-state index is 12.0. The topological polar surface area (TPSA) is 61.8 Å². The van der Waals surface area contributed by atoms with Crippen LogP contribution in [0, 0.1) is 13.8 Å². The van der Waals surface area contributed by atoms with Crippen molar-refractivity contribution in [2.45, 2.75) is 46.5 Å². The monoisotopic (exact) mass is 315 g/mol. The van der Waals surface area contributed by atoms with Gasteiger partial charge in [0.1, 0.15) is 6.54 Å². The average molecular weight is 315 g/mol. The molecule has 1 heterocycles. The van der Waals surface area contributed by atoms with E-state index in [1.807, 2.05) is 19.1 Å². The van der Waals surface area contributed by atoms with Gasteiger partial charge in [-0.2, -0.15) is 5.10 Å². The number of carbonyl (C=O) groups is 2. The highest BCUT2D eigenvalue weighted by atomic mass is 16.2. The molecular weight excluding hydrogens is 290 g/mol. The summed E-state index contributed by atoms with van der Waals surface area (Å²) >= 11 is 0. The molecule has 2 rings (SSSR count). The predicted molar refractivity (Wildman–Crippen MR) is 91.3 cm³/mol. The van der Waals surface area contributed by atoms with Crippen molar-refractivity contribution >= 4 is 17.5 Å². The summed E-state index contributed by atoms with van der Waals surface area (Å²) in [7, 11) is 0. The van der Waals surface area contributed by atoms with Crippen LogP contribution in [0.5, 0.6) is 0 Å². The van der Waals surface area contributed by atoms with Gasteiger partial charge in [0.15, 0.2) is 0 Å². The molecule has 1 aliphatic rings. The van der Waals surface area contributed by atoms with Crippen LogP contribution in [0.2, 0.25) is 0 Å². The molecule has 0 spiro atoms. The minimum absolute atomic E-state index is 0.0625. The number of hydrazone groups is 1. The summed E-state index contributed by atoms with van der Waals surface area (Å²) in [6.07, 6.45) is 3.47. The van der Waals surface area contributed by atoms with Gasteiger partial charge in [-0.15, -0.1) is 0 Å². The van der Waals surface area contributed by atoms with E-state index >= 15 is 0 Å². The first kappa shape index (κ1) is 17.2. The fourth-order valence-corrected chi connectivity index (χ4v) is 2.59. The molecular formula is C18H25N3O2. The Balaban J connectivity index is 1.94. The van der Waals surface area contributed by atoms with Gasteiger partial charge < -0.3 is 4.90 Å². The third-order valence-corrected chi connectivity index (χ3v) is 4.28. The highest BCUT2D eigenvalue weighted by Gasteiger charge is 2.18. The number of carbonyl (C=O) groups excluding carboxylic acids is 2. The van der Waals surface area contributed by atoms with Crippen LogP contribution in [0.1, 0.15) is 49.3 Å². The predicted octanol–water partition coefficient (Wildman–Crippen LogP) is 2.55. The van der Waals surface area contributed by atoms with Crippen molar-refractivity contribution in [1.29, 1.82) is 0 Å². The molecule has 23 heavy (non-hydrogen) atoms. The quantitative estimate of drug-likeness (QED) is 0.685. The van der Waals surface area contributed by atoms with Crippen LogP contribution in [0.15, 0.2) is 23.3 Å². The van der Waals surface area contributed by atoms with E-state index in [0.29, 0.717) is 13.0 Å². The minimum atomic E-state index is -0.247. The molecule has 0 unspecified atom stereocenters. The third kappa shape index (κ3) is 4.91. The summed E-state index contributed by atoms with van der Waals surface area (Å²) in [5.74, 6) is -0.184. The summed E-state index contributed by atoms with van der Waals surface area (Å²) in [6, 6.07) is 6.09. The lowest BCUT2D eigenvalue weighted by Gasteiger charge is -2.19. The maximum Gasteiger partial charge on any atom is 0.259 e. The molecule has 1 fully saturated rings. The maximum absolute atomic E-state index is 12.0. The summed E-state index contributed by atoms with van der Waals surface area (Å²) in [6.45, 7) is 6.72. The first-order chi connectivity index (χ1) is 11.0. The smallest absolute Gasteiger partial charge is 0.259 e. The summed E-state index contributed by atoms with van der Waals surface area (Å²) in [5.41, 5.74) is 6.72. The van der Waals surface area contributed by atoms with E-state index in [9.17, 15) is 9.59 Å². The molecule has 1 aromatic carbocycles. The number of hydrogen-bond donors (Lipinski definition) is 1. The van der Waals surface area contributed by atoms with E-state index in [4.69, 9.17) is 0 Å². The molecule has 124 valence electrons. The van der Waals surface area contributed by atoms with Crippen molar-refractivity contribution in [3.05, 3.63) is 34.9 Å². The van der Waals surface area contributed by atoms with Gasteiger partial charge in [-0.05, 0) is 56.4 Å². The van der Waals surface area contributed by atoms with E-state index in [0.717, 1.165) is 30.5 Å². The van der Waals surface area contributed by atoms with Gasteiger partial charge in [0.2, 0.25) is 5.91 Å². The molecule has 0 aliphatic carbocycles. The molecule has 1 N–H and O–H groups in total. The van der Waals surface area contributed by atoms with Crippen LogP contribution in [0.25, 0.3) is 0 Å². The number of likely N-dealkylation sites (tertiary alicyclic amines) is 1.